The van der Waals surface area contributed by atoms with Crippen LogP contribution in [0, 0.1) is 6.92 Å². The van der Waals surface area contributed by atoms with E-state index in [0.29, 0.717) is 0 Å². The molecule has 5 heteroatoms. The van der Waals surface area contributed by atoms with Gasteiger partial charge in [-0.15, -0.1) is 0 Å². The summed E-state index contributed by atoms with van der Waals surface area (Å²) < 4.78 is 5.38. The summed E-state index contributed by atoms with van der Waals surface area (Å²) in [6.07, 6.45) is 0. The lowest BCUT2D eigenvalue weighted by Crippen LogP contribution is -2.51. The van der Waals surface area contributed by atoms with Crippen LogP contribution in [0.25, 0.3) is 0 Å². The Hall–Kier alpha value is -1.43. The Morgan fingerprint density at radius 1 is 1.00 bits per heavy atom. The van der Waals surface area contributed by atoms with Gasteiger partial charge < -0.3 is 9.64 Å². The number of rotatable bonds is 4. The summed E-state index contributed by atoms with van der Waals surface area (Å²) >= 11 is 0. The van der Waals surface area contributed by atoms with Gasteiger partial charge in [0.15, 0.2) is 0 Å². The van der Waals surface area contributed by atoms with Gasteiger partial charge in [0, 0.05) is 57.9 Å². The zero-order valence-electron chi connectivity index (χ0n) is 14.0. The van der Waals surface area contributed by atoms with Gasteiger partial charge in [-0.05, 0) is 19.1 Å². The molecule has 23 heavy (non-hydrogen) atoms. The predicted molar refractivity (Wildman–Crippen MR) is 90.8 cm³/mol. The molecule has 0 saturated carbocycles. The van der Waals surface area contributed by atoms with E-state index in [-0.39, 0.29) is 5.91 Å². The molecular weight excluding hydrogens is 290 g/mol. The Kier molecular flexibility index (Phi) is 5.65. The van der Waals surface area contributed by atoms with E-state index in [2.05, 4.69) is 9.80 Å². The van der Waals surface area contributed by atoms with Gasteiger partial charge in [0.1, 0.15) is 0 Å². The average Bonchev–Trinajstić information content (AvgIpc) is 2.61. The van der Waals surface area contributed by atoms with Crippen LogP contribution in [0.2, 0.25) is 0 Å². The largest absolute Gasteiger partial charge is 0.379 e. The van der Waals surface area contributed by atoms with Crippen molar-refractivity contribution in [3.8, 4) is 0 Å². The Balaban J connectivity index is 1.43. The highest BCUT2D eigenvalue weighted by atomic mass is 16.5. The lowest BCUT2D eigenvalue weighted by molar-refractivity contribution is 0.0293. The van der Waals surface area contributed by atoms with Crippen LogP contribution in [0.1, 0.15) is 15.9 Å². The highest BCUT2D eigenvalue weighted by Gasteiger charge is 2.22. The number of nitrogens with zero attached hydrogens (tertiary/aromatic N) is 3. The second-order valence-corrected chi connectivity index (χ2v) is 6.46. The number of amides is 1. The summed E-state index contributed by atoms with van der Waals surface area (Å²) in [4.78, 5) is 19.5. The number of benzene rings is 1. The Morgan fingerprint density at radius 3 is 2.30 bits per heavy atom. The fraction of sp³-hybridized carbons (Fsp3) is 0.611. The Bertz CT molecular complexity index is 521. The van der Waals surface area contributed by atoms with Crippen LogP contribution in [0.4, 0.5) is 0 Å². The van der Waals surface area contributed by atoms with Crippen molar-refractivity contribution in [2.24, 2.45) is 0 Å². The molecule has 0 N–H and O–H groups in total. The molecule has 2 fully saturated rings. The SMILES string of the molecule is Cc1cccc(C(=O)N2CCN(CCN3CCOCC3)CC2)c1. The molecule has 0 aliphatic carbocycles. The predicted octanol–water partition coefficient (Wildman–Crippen LogP) is 1.09. The first-order valence-corrected chi connectivity index (χ1v) is 8.61. The summed E-state index contributed by atoms with van der Waals surface area (Å²) in [5.41, 5.74) is 1.95. The van der Waals surface area contributed by atoms with Crippen molar-refractivity contribution in [1.29, 1.82) is 0 Å². The highest BCUT2D eigenvalue weighted by molar-refractivity contribution is 5.94. The van der Waals surface area contributed by atoms with Gasteiger partial charge in [0.25, 0.3) is 5.91 Å². The minimum absolute atomic E-state index is 0.168. The summed E-state index contributed by atoms with van der Waals surface area (Å²) in [6, 6.07) is 7.88. The van der Waals surface area contributed by atoms with E-state index in [0.717, 1.165) is 76.7 Å². The fourth-order valence-electron chi connectivity index (χ4n) is 3.24. The summed E-state index contributed by atoms with van der Waals surface area (Å²) in [6.45, 7) is 11.6. The zero-order chi connectivity index (χ0) is 16.1. The van der Waals surface area contributed by atoms with Crippen molar-refractivity contribution in [3.05, 3.63) is 35.4 Å². The molecule has 0 radical (unpaired) electrons. The second-order valence-electron chi connectivity index (χ2n) is 6.46. The van der Waals surface area contributed by atoms with Crippen LogP contribution in [0.3, 0.4) is 0 Å². The average molecular weight is 317 g/mol. The number of carbonyl (C=O) groups is 1. The van der Waals surface area contributed by atoms with Crippen molar-refractivity contribution in [2.45, 2.75) is 6.92 Å². The smallest absolute Gasteiger partial charge is 0.253 e. The van der Waals surface area contributed by atoms with Crippen molar-refractivity contribution < 1.29 is 9.53 Å². The van der Waals surface area contributed by atoms with Gasteiger partial charge in [-0.25, -0.2) is 0 Å². The first-order chi connectivity index (χ1) is 11.2. The lowest BCUT2D eigenvalue weighted by atomic mass is 10.1. The number of hydrogen-bond acceptors (Lipinski definition) is 4. The van der Waals surface area contributed by atoms with E-state index >= 15 is 0 Å². The normalized spacial score (nSPS) is 20.7. The maximum atomic E-state index is 12.5. The molecule has 0 atom stereocenters. The zero-order valence-corrected chi connectivity index (χ0v) is 14.0. The molecule has 2 saturated heterocycles. The van der Waals surface area contributed by atoms with E-state index in [4.69, 9.17) is 4.74 Å². The summed E-state index contributed by atoms with van der Waals surface area (Å²) in [7, 11) is 0. The van der Waals surface area contributed by atoms with Crippen LogP contribution >= 0.6 is 0 Å². The van der Waals surface area contributed by atoms with Crippen LogP contribution in [-0.2, 0) is 4.74 Å². The lowest BCUT2D eigenvalue weighted by Gasteiger charge is -2.36. The topological polar surface area (TPSA) is 36.0 Å². The first kappa shape index (κ1) is 16.4. The molecule has 0 spiro atoms. The summed E-state index contributed by atoms with van der Waals surface area (Å²) in [5, 5.41) is 0. The van der Waals surface area contributed by atoms with Gasteiger partial charge in [-0.3, -0.25) is 14.6 Å². The molecule has 1 aromatic rings. The van der Waals surface area contributed by atoms with Crippen LogP contribution in [-0.4, -0.2) is 86.2 Å². The second kappa shape index (κ2) is 7.90. The van der Waals surface area contributed by atoms with E-state index < -0.39 is 0 Å². The maximum absolute atomic E-state index is 12.5. The third kappa shape index (κ3) is 4.53. The Labute approximate surface area is 138 Å². The van der Waals surface area contributed by atoms with Crippen molar-refractivity contribution in [1.82, 2.24) is 14.7 Å². The number of hydrogen-bond donors (Lipinski definition) is 0. The molecule has 2 aliphatic rings. The molecule has 5 nitrogen and oxygen atoms in total. The number of morpholine rings is 1. The van der Waals surface area contributed by atoms with E-state index in [1.54, 1.807) is 0 Å². The van der Waals surface area contributed by atoms with Crippen molar-refractivity contribution in [3.63, 3.8) is 0 Å². The Morgan fingerprint density at radius 2 is 1.65 bits per heavy atom. The van der Waals surface area contributed by atoms with Crippen LogP contribution < -0.4 is 0 Å². The third-order valence-electron chi connectivity index (χ3n) is 4.76. The first-order valence-electron chi connectivity index (χ1n) is 8.61. The van der Waals surface area contributed by atoms with Gasteiger partial charge in [-0.1, -0.05) is 17.7 Å². The van der Waals surface area contributed by atoms with Gasteiger partial charge in [0.2, 0.25) is 0 Å². The molecular formula is C18H27N3O2. The number of ether oxygens (including phenoxy) is 1. The van der Waals surface area contributed by atoms with Crippen molar-refractivity contribution in [2.75, 3.05) is 65.6 Å². The number of piperazine rings is 1. The monoisotopic (exact) mass is 317 g/mol. The van der Waals surface area contributed by atoms with Gasteiger partial charge >= 0.3 is 0 Å². The molecule has 3 rings (SSSR count). The van der Waals surface area contributed by atoms with Crippen LogP contribution in [0.15, 0.2) is 24.3 Å². The number of carbonyl (C=O) groups excluding carboxylic acids is 1. The third-order valence-corrected chi connectivity index (χ3v) is 4.76. The van der Waals surface area contributed by atoms with Crippen LogP contribution in [0.5, 0.6) is 0 Å². The van der Waals surface area contributed by atoms with E-state index in [1.165, 1.54) is 0 Å². The maximum Gasteiger partial charge on any atom is 0.253 e. The molecule has 1 amide bonds. The minimum atomic E-state index is 0.168. The van der Waals surface area contributed by atoms with E-state index in [1.807, 2.05) is 36.1 Å². The molecule has 1 aromatic carbocycles. The number of aryl methyl sites for hydroxylation is 1. The fourth-order valence-corrected chi connectivity index (χ4v) is 3.24. The molecule has 0 aromatic heterocycles. The highest BCUT2D eigenvalue weighted by Crippen LogP contribution is 2.11. The van der Waals surface area contributed by atoms with E-state index in [9.17, 15) is 4.79 Å². The van der Waals surface area contributed by atoms with Gasteiger partial charge in [-0.2, -0.15) is 0 Å². The minimum Gasteiger partial charge on any atom is -0.379 e. The molecule has 2 heterocycles. The molecule has 126 valence electrons. The summed E-state index contributed by atoms with van der Waals surface area (Å²) in [5.74, 6) is 0.168. The van der Waals surface area contributed by atoms with Gasteiger partial charge in [0.05, 0.1) is 13.2 Å². The molecule has 0 unspecified atom stereocenters. The quantitative estimate of drug-likeness (QED) is 0.833. The van der Waals surface area contributed by atoms with Crippen molar-refractivity contribution >= 4 is 5.91 Å². The molecule has 0 bridgehead atoms. The standard InChI is InChI=1S/C18H27N3O2/c1-16-3-2-4-17(15-16)18(22)21-9-7-19(8-10-21)5-6-20-11-13-23-14-12-20/h2-4,15H,5-14H2,1H3. The molecule has 2 aliphatic heterocycles.